The zero-order chi connectivity index (χ0) is 24.1. The molecule has 1 saturated heterocycles. The molecule has 0 amide bonds. The van der Waals surface area contributed by atoms with Crippen LogP contribution in [0.4, 0.5) is 5.82 Å². The van der Waals surface area contributed by atoms with Gasteiger partial charge in [-0.2, -0.15) is 5.06 Å². The van der Waals surface area contributed by atoms with Gasteiger partial charge in [-0.1, -0.05) is 6.92 Å². The number of hydrogen-bond donors (Lipinski definition) is 1. The maximum atomic E-state index is 13.6. The summed E-state index contributed by atoms with van der Waals surface area (Å²) in [5.74, 6) is 0.944. The number of hydrogen-bond acceptors (Lipinski definition) is 9. The molecule has 1 fully saturated rings. The predicted octanol–water partition coefficient (Wildman–Crippen LogP) is 2.58. The highest BCUT2D eigenvalue weighted by molar-refractivity contribution is 5.80. The first-order chi connectivity index (χ1) is 16.5. The highest BCUT2D eigenvalue weighted by atomic mass is 16.5. The SMILES string of the molecule is CCCOCCn1c(=O)c(N2CCC(N(C)O)CC2)nc2cnc(-c3ccc(OC)nc3)cc21. The van der Waals surface area contributed by atoms with E-state index in [2.05, 4.69) is 16.9 Å². The largest absolute Gasteiger partial charge is 0.481 e. The maximum absolute atomic E-state index is 13.6. The molecule has 0 unspecified atom stereocenters. The van der Waals surface area contributed by atoms with Gasteiger partial charge in [-0.25, -0.2) is 9.97 Å². The molecule has 0 aromatic carbocycles. The van der Waals surface area contributed by atoms with Crippen LogP contribution >= 0.6 is 0 Å². The fourth-order valence-corrected chi connectivity index (χ4v) is 4.22. The second-order valence-electron chi connectivity index (χ2n) is 8.44. The lowest BCUT2D eigenvalue weighted by molar-refractivity contribution is -0.108. The topological polar surface area (TPSA) is 106 Å². The molecule has 1 aliphatic rings. The molecule has 0 aliphatic carbocycles. The van der Waals surface area contributed by atoms with E-state index < -0.39 is 0 Å². The van der Waals surface area contributed by atoms with Crippen molar-refractivity contribution in [1.82, 2.24) is 24.6 Å². The molecular formula is C24H32N6O4. The Morgan fingerprint density at radius 3 is 2.62 bits per heavy atom. The third-order valence-corrected chi connectivity index (χ3v) is 6.16. The van der Waals surface area contributed by atoms with Crippen molar-refractivity contribution in [3.8, 4) is 17.1 Å². The van der Waals surface area contributed by atoms with Gasteiger partial charge in [-0.15, -0.1) is 0 Å². The summed E-state index contributed by atoms with van der Waals surface area (Å²) in [5, 5.41) is 11.0. The quantitative estimate of drug-likeness (QED) is 0.375. The van der Waals surface area contributed by atoms with E-state index in [1.807, 2.05) is 17.0 Å². The zero-order valence-corrected chi connectivity index (χ0v) is 20.0. The number of aromatic nitrogens is 4. The van der Waals surface area contributed by atoms with Gasteiger partial charge >= 0.3 is 0 Å². The standard InChI is InChI=1S/C24H32N6O4/c1-4-12-34-13-11-30-21-14-19(17-5-6-22(33-3)26-15-17)25-16-20(21)27-23(24(30)31)29-9-7-18(8-10-29)28(2)32/h5-6,14-16,18,32H,4,7-13H2,1-3H3. The number of ether oxygens (including phenoxy) is 2. The molecule has 4 rings (SSSR count). The van der Waals surface area contributed by atoms with Crippen LogP contribution in [0.3, 0.4) is 0 Å². The van der Waals surface area contributed by atoms with Crippen LogP contribution in [0.15, 0.2) is 35.4 Å². The molecule has 3 aromatic heterocycles. The lowest BCUT2D eigenvalue weighted by Crippen LogP contribution is -2.45. The number of fused-ring (bicyclic) bond motifs is 1. The summed E-state index contributed by atoms with van der Waals surface area (Å²) in [5.41, 5.74) is 2.74. The van der Waals surface area contributed by atoms with Gasteiger partial charge in [-0.05, 0) is 31.4 Å². The van der Waals surface area contributed by atoms with E-state index in [0.717, 1.165) is 24.8 Å². The summed E-state index contributed by atoms with van der Waals surface area (Å²) in [6.45, 7) is 4.87. The summed E-state index contributed by atoms with van der Waals surface area (Å²) in [4.78, 5) is 29.2. The number of rotatable bonds is 9. The van der Waals surface area contributed by atoms with Crippen molar-refractivity contribution in [1.29, 1.82) is 0 Å². The van der Waals surface area contributed by atoms with Gasteiger partial charge in [-0.3, -0.25) is 9.78 Å². The van der Waals surface area contributed by atoms with Crippen molar-refractivity contribution in [3.63, 3.8) is 0 Å². The Labute approximate surface area is 198 Å². The first-order valence-electron chi connectivity index (χ1n) is 11.7. The predicted molar refractivity (Wildman–Crippen MR) is 129 cm³/mol. The molecule has 0 saturated carbocycles. The number of nitrogens with zero attached hydrogens (tertiary/aromatic N) is 6. The number of pyridine rings is 2. The van der Waals surface area contributed by atoms with Gasteiger partial charge in [0.2, 0.25) is 5.88 Å². The molecular weight excluding hydrogens is 436 g/mol. The Morgan fingerprint density at radius 1 is 1.18 bits per heavy atom. The molecule has 0 spiro atoms. The van der Waals surface area contributed by atoms with Crippen molar-refractivity contribution >= 4 is 16.9 Å². The van der Waals surface area contributed by atoms with E-state index in [4.69, 9.17) is 14.5 Å². The lowest BCUT2D eigenvalue weighted by atomic mass is 10.1. The smallest absolute Gasteiger partial charge is 0.294 e. The second kappa shape index (κ2) is 10.9. The van der Waals surface area contributed by atoms with Crippen molar-refractivity contribution in [3.05, 3.63) is 40.9 Å². The summed E-state index contributed by atoms with van der Waals surface area (Å²) >= 11 is 0. The van der Waals surface area contributed by atoms with Gasteiger partial charge in [0.15, 0.2) is 5.82 Å². The minimum atomic E-state index is -0.145. The van der Waals surface area contributed by atoms with Crippen LogP contribution < -0.4 is 15.2 Å². The van der Waals surface area contributed by atoms with Crippen LogP contribution in [0, 0.1) is 0 Å². The van der Waals surface area contributed by atoms with E-state index in [1.165, 1.54) is 5.06 Å². The Morgan fingerprint density at radius 2 is 1.97 bits per heavy atom. The summed E-state index contributed by atoms with van der Waals surface area (Å²) < 4.78 is 12.6. The Balaban J connectivity index is 1.72. The lowest BCUT2D eigenvalue weighted by Gasteiger charge is -2.34. The molecule has 3 aromatic rings. The average Bonchev–Trinajstić information content (AvgIpc) is 2.87. The van der Waals surface area contributed by atoms with E-state index in [9.17, 15) is 10.0 Å². The summed E-state index contributed by atoms with van der Waals surface area (Å²) in [6, 6.07) is 5.63. The molecule has 0 radical (unpaired) electrons. The highest BCUT2D eigenvalue weighted by Gasteiger charge is 2.25. The van der Waals surface area contributed by atoms with Crippen molar-refractivity contribution in [2.24, 2.45) is 0 Å². The van der Waals surface area contributed by atoms with Crippen LogP contribution in [0.2, 0.25) is 0 Å². The normalized spacial score (nSPS) is 14.8. The Bertz CT molecular complexity index is 1160. The average molecular weight is 469 g/mol. The number of hydroxylamine groups is 2. The third-order valence-electron chi connectivity index (χ3n) is 6.16. The van der Waals surface area contributed by atoms with Crippen LogP contribution in [0.5, 0.6) is 5.88 Å². The van der Waals surface area contributed by atoms with E-state index >= 15 is 0 Å². The third kappa shape index (κ3) is 5.19. The molecule has 4 heterocycles. The van der Waals surface area contributed by atoms with Crippen LogP contribution in [0.1, 0.15) is 26.2 Å². The molecule has 1 aliphatic heterocycles. The second-order valence-corrected chi connectivity index (χ2v) is 8.44. The highest BCUT2D eigenvalue weighted by Crippen LogP contribution is 2.24. The fraction of sp³-hybridized carbons (Fsp3) is 0.500. The van der Waals surface area contributed by atoms with Gasteiger partial charge in [0, 0.05) is 57.2 Å². The van der Waals surface area contributed by atoms with Gasteiger partial charge in [0.25, 0.3) is 5.56 Å². The number of methoxy groups -OCH3 is 1. The molecule has 182 valence electrons. The van der Waals surface area contributed by atoms with E-state index in [-0.39, 0.29) is 11.6 Å². The number of piperidine rings is 1. The first-order valence-corrected chi connectivity index (χ1v) is 11.7. The molecule has 1 N–H and O–H groups in total. The van der Waals surface area contributed by atoms with Crippen LogP contribution in [-0.2, 0) is 11.3 Å². The Kier molecular flexibility index (Phi) is 7.71. The van der Waals surface area contributed by atoms with Gasteiger partial charge in [0.1, 0.15) is 5.52 Å². The molecule has 10 nitrogen and oxygen atoms in total. The van der Waals surface area contributed by atoms with Gasteiger partial charge < -0.3 is 24.1 Å². The van der Waals surface area contributed by atoms with Crippen molar-refractivity contribution < 1.29 is 14.7 Å². The summed E-state index contributed by atoms with van der Waals surface area (Å²) in [7, 11) is 3.24. The molecule has 0 bridgehead atoms. The van der Waals surface area contributed by atoms with Gasteiger partial charge in [0.05, 0.1) is 31.1 Å². The first kappa shape index (κ1) is 24.1. The van der Waals surface area contributed by atoms with Crippen molar-refractivity contribution in [2.75, 3.05) is 45.4 Å². The molecule has 34 heavy (non-hydrogen) atoms. The van der Waals surface area contributed by atoms with E-state index in [1.54, 1.807) is 37.2 Å². The van der Waals surface area contributed by atoms with Crippen LogP contribution in [0.25, 0.3) is 22.3 Å². The maximum Gasteiger partial charge on any atom is 0.294 e. The summed E-state index contributed by atoms with van der Waals surface area (Å²) in [6.07, 6.45) is 5.84. The molecule has 10 heteroatoms. The van der Waals surface area contributed by atoms with Crippen LogP contribution in [-0.4, -0.2) is 76.3 Å². The Hall–Kier alpha value is -3.08. The fourth-order valence-electron chi connectivity index (χ4n) is 4.22. The number of anilines is 1. The zero-order valence-electron chi connectivity index (χ0n) is 20.0. The molecule has 0 atom stereocenters. The van der Waals surface area contributed by atoms with E-state index in [0.29, 0.717) is 61.3 Å². The van der Waals surface area contributed by atoms with Crippen molar-refractivity contribution in [2.45, 2.75) is 38.8 Å². The monoisotopic (exact) mass is 468 g/mol. The minimum absolute atomic E-state index is 0.0868. The minimum Gasteiger partial charge on any atom is -0.481 e.